The third-order valence-electron chi connectivity index (χ3n) is 7.44. The van der Waals surface area contributed by atoms with Crippen LogP contribution in [-0.2, 0) is 11.0 Å². The fourth-order valence-corrected chi connectivity index (χ4v) is 5.72. The van der Waals surface area contributed by atoms with Crippen molar-refractivity contribution in [2.75, 3.05) is 19.6 Å². The van der Waals surface area contributed by atoms with Gasteiger partial charge in [-0.05, 0) is 67.6 Å². The maximum atomic E-state index is 13.7. The molecule has 0 spiro atoms. The quantitative estimate of drug-likeness (QED) is 0.688. The highest BCUT2D eigenvalue weighted by molar-refractivity contribution is 6.36. The number of fused-ring (bicyclic) bond motifs is 2. The van der Waals surface area contributed by atoms with Crippen molar-refractivity contribution in [1.82, 2.24) is 19.4 Å². The van der Waals surface area contributed by atoms with Gasteiger partial charge in [0.2, 0.25) is 5.91 Å². The molecular weight excluding hydrogens is 445 g/mol. The van der Waals surface area contributed by atoms with Gasteiger partial charge in [0.1, 0.15) is 12.2 Å². The molecule has 2 atom stereocenters. The zero-order valence-electron chi connectivity index (χ0n) is 17.2. The van der Waals surface area contributed by atoms with Crippen molar-refractivity contribution in [1.29, 1.82) is 0 Å². The zero-order chi connectivity index (χ0) is 22.4. The lowest BCUT2D eigenvalue weighted by Gasteiger charge is -2.38. The number of carbonyl (C=O) groups is 2. The van der Waals surface area contributed by atoms with Crippen molar-refractivity contribution < 1.29 is 22.8 Å². The van der Waals surface area contributed by atoms with Crippen molar-refractivity contribution in [3.8, 4) is 0 Å². The molecule has 2 amide bonds. The molecule has 4 fully saturated rings. The lowest BCUT2D eigenvalue weighted by Crippen LogP contribution is -2.55. The second kappa shape index (κ2) is 6.85. The van der Waals surface area contributed by atoms with Crippen LogP contribution in [0.25, 0.3) is 5.52 Å². The predicted octanol–water partition coefficient (Wildman–Crippen LogP) is 3.97. The van der Waals surface area contributed by atoms with Gasteiger partial charge in [-0.3, -0.25) is 9.59 Å². The maximum absolute atomic E-state index is 13.7. The number of aromatic nitrogens is 2. The van der Waals surface area contributed by atoms with E-state index in [2.05, 4.69) is 5.10 Å². The van der Waals surface area contributed by atoms with E-state index in [1.54, 1.807) is 6.07 Å². The summed E-state index contributed by atoms with van der Waals surface area (Å²) in [5, 5.41) is 3.86. The molecule has 3 aliphatic carbocycles. The van der Waals surface area contributed by atoms with Crippen LogP contribution in [0.4, 0.5) is 13.2 Å². The molecule has 2 aromatic heterocycles. The largest absolute Gasteiger partial charge is 0.433 e. The maximum Gasteiger partial charge on any atom is 0.433 e. The fourth-order valence-electron chi connectivity index (χ4n) is 5.46. The van der Waals surface area contributed by atoms with E-state index in [1.807, 2.05) is 4.90 Å². The van der Waals surface area contributed by atoms with Crippen molar-refractivity contribution in [2.45, 2.75) is 50.2 Å². The Labute approximate surface area is 187 Å². The van der Waals surface area contributed by atoms with Gasteiger partial charge in [-0.2, -0.15) is 18.3 Å². The van der Waals surface area contributed by atoms with E-state index in [9.17, 15) is 22.8 Å². The minimum Gasteiger partial charge on any atom is -0.336 e. The van der Waals surface area contributed by atoms with E-state index in [1.165, 1.54) is 11.3 Å². The van der Waals surface area contributed by atoms with Crippen LogP contribution >= 0.6 is 11.6 Å². The second-order valence-electron chi connectivity index (χ2n) is 9.60. The average molecular weight is 467 g/mol. The molecule has 10 heteroatoms. The molecule has 2 aromatic rings. The summed E-state index contributed by atoms with van der Waals surface area (Å²) in [4.78, 5) is 29.1. The first-order chi connectivity index (χ1) is 15.2. The van der Waals surface area contributed by atoms with E-state index in [0.29, 0.717) is 23.2 Å². The van der Waals surface area contributed by atoms with Crippen molar-refractivity contribution in [3.63, 3.8) is 0 Å². The molecule has 3 heterocycles. The third kappa shape index (κ3) is 3.27. The number of halogens is 4. The topological polar surface area (TPSA) is 57.9 Å². The van der Waals surface area contributed by atoms with Crippen LogP contribution in [0.15, 0.2) is 12.1 Å². The van der Waals surface area contributed by atoms with Gasteiger partial charge in [-0.15, -0.1) is 0 Å². The van der Waals surface area contributed by atoms with Crippen LogP contribution in [-0.4, -0.2) is 56.9 Å². The Hall–Kier alpha value is -2.29. The van der Waals surface area contributed by atoms with Crippen LogP contribution in [0.1, 0.15) is 59.8 Å². The van der Waals surface area contributed by atoms with Gasteiger partial charge in [0.15, 0.2) is 5.69 Å². The van der Waals surface area contributed by atoms with Gasteiger partial charge >= 0.3 is 6.18 Å². The summed E-state index contributed by atoms with van der Waals surface area (Å²) in [7, 11) is 0. The highest BCUT2D eigenvalue weighted by atomic mass is 35.5. The first-order valence-electron chi connectivity index (χ1n) is 11.1. The normalized spacial score (nSPS) is 26.2. The summed E-state index contributed by atoms with van der Waals surface area (Å²) in [6.45, 7) is 0.647. The van der Waals surface area contributed by atoms with E-state index in [-0.39, 0.29) is 40.6 Å². The standard InChI is InChI=1S/C22H22ClF3N4O2/c23-19-16-8-14(11-1-2-11)9-17(22(24,25)26)30(16)27-20(19)21(32)28-3-4-29(18(31)10-28)15-6-12-5-13(12)7-15/h8-9,11-13,15H,1-7,10H2/t12-,13-/m1/s1. The van der Waals surface area contributed by atoms with Gasteiger partial charge in [-0.25, -0.2) is 4.52 Å². The summed E-state index contributed by atoms with van der Waals surface area (Å²) in [5.74, 6) is 0.837. The molecule has 32 heavy (non-hydrogen) atoms. The van der Waals surface area contributed by atoms with Crippen molar-refractivity contribution in [2.24, 2.45) is 11.8 Å². The number of piperazine rings is 1. The minimum absolute atomic E-state index is 0.0712. The van der Waals surface area contributed by atoms with Gasteiger partial charge in [0.25, 0.3) is 5.91 Å². The number of hydrogen-bond donors (Lipinski definition) is 0. The summed E-state index contributed by atoms with van der Waals surface area (Å²) >= 11 is 6.39. The summed E-state index contributed by atoms with van der Waals surface area (Å²) < 4.78 is 41.8. The van der Waals surface area contributed by atoms with E-state index < -0.39 is 17.8 Å². The Morgan fingerprint density at radius 2 is 1.81 bits per heavy atom. The SMILES string of the molecule is O=C(c1nn2c(C(F)(F)F)cc(C3CC3)cc2c1Cl)N1CCN(C2C[C@H]3C[C@@H]3C2)C(=O)C1. The first kappa shape index (κ1) is 20.3. The smallest absolute Gasteiger partial charge is 0.336 e. The summed E-state index contributed by atoms with van der Waals surface area (Å²) in [6, 6.07) is 2.93. The molecule has 0 bridgehead atoms. The molecular formula is C22H22ClF3N4O2. The minimum atomic E-state index is -4.64. The van der Waals surface area contributed by atoms with Gasteiger partial charge in [-0.1, -0.05) is 11.6 Å². The number of alkyl halides is 3. The van der Waals surface area contributed by atoms with Crippen LogP contribution in [0, 0.1) is 11.8 Å². The zero-order valence-corrected chi connectivity index (χ0v) is 18.0. The van der Waals surface area contributed by atoms with E-state index in [4.69, 9.17) is 11.6 Å². The lowest BCUT2D eigenvalue weighted by molar-refractivity contribution is -0.142. The number of amides is 2. The highest BCUT2D eigenvalue weighted by Crippen LogP contribution is 2.53. The Balaban J connectivity index is 1.28. The Bertz CT molecular complexity index is 1130. The van der Waals surface area contributed by atoms with Crippen LogP contribution in [0.2, 0.25) is 5.02 Å². The Morgan fingerprint density at radius 3 is 2.44 bits per heavy atom. The van der Waals surface area contributed by atoms with Crippen molar-refractivity contribution in [3.05, 3.63) is 34.1 Å². The molecule has 0 unspecified atom stereocenters. The van der Waals surface area contributed by atoms with Gasteiger partial charge in [0.05, 0.1) is 10.5 Å². The Morgan fingerprint density at radius 1 is 1.09 bits per heavy atom. The average Bonchev–Trinajstić information content (AvgIpc) is 3.66. The number of pyridine rings is 1. The highest BCUT2D eigenvalue weighted by Gasteiger charge is 2.49. The molecule has 170 valence electrons. The molecule has 0 N–H and O–H groups in total. The number of rotatable bonds is 3. The molecule has 6 rings (SSSR count). The van der Waals surface area contributed by atoms with Crippen LogP contribution in [0.3, 0.4) is 0 Å². The number of nitrogens with zero attached hydrogens (tertiary/aromatic N) is 4. The fraction of sp³-hybridized carbons (Fsp3) is 0.591. The van der Waals surface area contributed by atoms with Crippen molar-refractivity contribution >= 4 is 28.9 Å². The molecule has 6 nitrogen and oxygen atoms in total. The second-order valence-corrected chi connectivity index (χ2v) is 9.98. The monoisotopic (exact) mass is 466 g/mol. The molecule has 0 radical (unpaired) electrons. The van der Waals surface area contributed by atoms with Gasteiger partial charge in [0, 0.05) is 19.1 Å². The molecule has 0 aromatic carbocycles. The van der Waals surface area contributed by atoms with Crippen LogP contribution < -0.4 is 0 Å². The molecule has 4 aliphatic rings. The van der Waals surface area contributed by atoms with Gasteiger partial charge < -0.3 is 9.80 Å². The predicted molar refractivity (Wildman–Crippen MR) is 109 cm³/mol. The lowest BCUT2D eigenvalue weighted by atomic mass is 10.1. The Kier molecular flexibility index (Phi) is 4.35. The number of carbonyl (C=O) groups excluding carboxylic acids is 2. The molecule has 3 saturated carbocycles. The molecule has 1 saturated heterocycles. The number of hydrogen-bond acceptors (Lipinski definition) is 3. The molecule has 1 aliphatic heterocycles. The van der Waals surface area contributed by atoms with Crippen LogP contribution in [0.5, 0.6) is 0 Å². The van der Waals surface area contributed by atoms with E-state index >= 15 is 0 Å². The third-order valence-corrected chi connectivity index (χ3v) is 7.81. The van der Waals surface area contributed by atoms with E-state index in [0.717, 1.165) is 43.6 Å². The summed E-state index contributed by atoms with van der Waals surface area (Å²) in [6.07, 6.45) is 0.360. The summed E-state index contributed by atoms with van der Waals surface area (Å²) in [5.41, 5.74) is -0.557. The first-order valence-corrected chi connectivity index (χ1v) is 11.5.